The van der Waals surface area contributed by atoms with Crippen LogP contribution in [0.4, 0.5) is 0 Å². The van der Waals surface area contributed by atoms with Gasteiger partial charge in [-0.3, -0.25) is 9.59 Å². The summed E-state index contributed by atoms with van der Waals surface area (Å²) in [5.41, 5.74) is 3.50. The minimum Gasteiger partial charge on any atom is -0.496 e. The Morgan fingerprint density at radius 3 is 2.29 bits per heavy atom. The van der Waals surface area contributed by atoms with Crippen LogP contribution in [0.5, 0.6) is 5.75 Å². The highest BCUT2D eigenvalue weighted by molar-refractivity contribution is 6.01. The highest BCUT2D eigenvalue weighted by Gasteiger charge is 2.34. The number of methoxy groups -OCH3 is 1. The maximum Gasteiger partial charge on any atom is 0.254 e. The van der Waals surface area contributed by atoms with Crippen LogP contribution in [-0.2, 0) is 4.79 Å². The van der Waals surface area contributed by atoms with Crippen molar-refractivity contribution < 1.29 is 14.3 Å². The lowest BCUT2D eigenvalue weighted by Crippen LogP contribution is -2.52. The van der Waals surface area contributed by atoms with E-state index in [2.05, 4.69) is 0 Å². The van der Waals surface area contributed by atoms with Gasteiger partial charge in [0.1, 0.15) is 5.75 Å². The average molecular weight is 415 g/mol. The first kappa shape index (κ1) is 20.7. The number of ether oxygens (including phenoxy) is 1. The molecular weight excluding hydrogens is 388 g/mol. The number of carbonyl (C=O) groups is 2. The van der Waals surface area contributed by atoms with Gasteiger partial charge in [-0.05, 0) is 23.3 Å². The van der Waals surface area contributed by atoms with Crippen LogP contribution in [0.3, 0.4) is 0 Å². The first-order valence-corrected chi connectivity index (χ1v) is 10.4. The molecule has 31 heavy (non-hydrogen) atoms. The predicted molar refractivity (Wildman–Crippen MR) is 121 cm³/mol. The van der Waals surface area contributed by atoms with E-state index in [4.69, 9.17) is 4.74 Å². The smallest absolute Gasteiger partial charge is 0.254 e. The Kier molecular flexibility index (Phi) is 6.03. The van der Waals surface area contributed by atoms with Gasteiger partial charge in [-0.1, -0.05) is 66.7 Å². The molecule has 0 aromatic heterocycles. The summed E-state index contributed by atoms with van der Waals surface area (Å²) in [6, 6.07) is 25.1. The Hall–Kier alpha value is -3.60. The lowest BCUT2D eigenvalue weighted by atomic mass is 9.97. The maximum absolute atomic E-state index is 13.6. The van der Waals surface area contributed by atoms with Crippen molar-refractivity contribution in [3.63, 3.8) is 0 Å². The van der Waals surface area contributed by atoms with Gasteiger partial charge in [0.2, 0.25) is 5.91 Å². The normalized spacial score (nSPS) is 16.1. The van der Waals surface area contributed by atoms with E-state index in [0.29, 0.717) is 25.2 Å². The second-order valence-corrected chi connectivity index (χ2v) is 7.63. The van der Waals surface area contributed by atoms with Gasteiger partial charge in [-0.2, -0.15) is 0 Å². The van der Waals surface area contributed by atoms with Gasteiger partial charge in [0.05, 0.1) is 13.2 Å². The molecular formula is C26H26N2O3. The number of para-hydroxylation sites is 1. The molecule has 0 unspecified atom stereocenters. The molecule has 0 spiro atoms. The Bertz CT molecular complexity index is 1080. The lowest BCUT2D eigenvalue weighted by molar-refractivity contribution is -0.133. The number of carbonyl (C=O) groups excluding carboxylic acids is 2. The Morgan fingerprint density at radius 1 is 0.871 bits per heavy atom. The quantitative estimate of drug-likeness (QED) is 0.636. The van der Waals surface area contributed by atoms with Gasteiger partial charge >= 0.3 is 0 Å². The highest BCUT2D eigenvalue weighted by atomic mass is 16.5. The zero-order valence-corrected chi connectivity index (χ0v) is 17.8. The van der Waals surface area contributed by atoms with E-state index in [1.165, 1.54) is 0 Å². The molecule has 4 rings (SSSR count). The highest BCUT2D eigenvalue weighted by Crippen LogP contribution is 2.33. The first-order valence-electron chi connectivity index (χ1n) is 10.4. The van der Waals surface area contributed by atoms with Crippen molar-refractivity contribution in [2.24, 2.45) is 0 Å². The van der Waals surface area contributed by atoms with Crippen LogP contribution >= 0.6 is 0 Å². The van der Waals surface area contributed by atoms with Gasteiger partial charge in [0, 0.05) is 37.7 Å². The zero-order valence-electron chi connectivity index (χ0n) is 17.8. The lowest BCUT2D eigenvalue weighted by Gasteiger charge is -2.41. The van der Waals surface area contributed by atoms with Crippen LogP contribution in [0, 0.1) is 0 Å². The third kappa shape index (κ3) is 4.17. The van der Waals surface area contributed by atoms with Crippen LogP contribution in [0.25, 0.3) is 11.1 Å². The molecule has 5 heteroatoms. The van der Waals surface area contributed by atoms with Gasteiger partial charge in [0.15, 0.2) is 0 Å². The molecule has 0 aliphatic carbocycles. The molecule has 158 valence electrons. The van der Waals surface area contributed by atoms with Gasteiger partial charge in [0.25, 0.3) is 5.91 Å². The maximum atomic E-state index is 13.6. The number of benzene rings is 3. The zero-order chi connectivity index (χ0) is 21.8. The van der Waals surface area contributed by atoms with E-state index in [0.717, 1.165) is 22.4 Å². The van der Waals surface area contributed by atoms with E-state index in [9.17, 15) is 9.59 Å². The van der Waals surface area contributed by atoms with Crippen molar-refractivity contribution in [2.45, 2.75) is 13.0 Å². The van der Waals surface area contributed by atoms with Crippen molar-refractivity contribution in [3.05, 3.63) is 90.0 Å². The van der Waals surface area contributed by atoms with Crippen molar-refractivity contribution in [1.29, 1.82) is 0 Å². The third-order valence-corrected chi connectivity index (χ3v) is 5.81. The van der Waals surface area contributed by atoms with E-state index in [1.54, 1.807) is 14.0 Å². The number of amides is 2. The fraction of sp³-hybridized carbons (Fsp3) is 0.231. The standard InChI is InChI=1S/C26H26N2O3/c1-19(29)28-17-16-27(18-24(28)23-14-8-9-15-25(23)31-2)26(30)22-13-7-6-12-21(22)20-10-4-3-5-11-20/h3-15,24H,16-18H2,1-2H3/t24-/m1/s1. The predicted octanol–water partition coefficient (Wildman–Crippen LogP) is 4.41. The molecule has 2 amide bonds. The Balaban J connectivity index is 1.67. The van der Waals surface area contributed by atoms with Crippen molar-refractivity contribution in [3.8, 4) is 16.9 Å². The van der Waals surface area contributed by atoms with Gasteiger partial charge in [-0.25, -0.2) is 0 Å². The second-order valence-electron chi connectivity index (χ2n) is 7.63. The molecule has 1 fully saturated rings. The molecule has 0 bridgehead atoms. The fourth-order valence-corrected chi connectivity index (χ4v) is 4.26. The molecule has 3 aromatic rings. The summed E-state index contributed by atoms with van der Waals surface area (Å²) in [7, 11) is 1.62. The monoisotopic (exact) mass is 414 g/mol. The van der Waals surface area contributed by atoms with Crippen LogP contribution in [0.15, 0.2) is 78.9 Å². The molecule has 1 atom stereocenters. The molecule has 5 nitrogen and oxygen atoms in total. The summed E-state index contributed by atoms with van der Waals surface area (Å²) in [4.78, 5) is 29.6. The minimum absolute atomic E-state index is 0.00677. The molecule has 1 aliphatic heterocycles. The fourth-order valence-electron chi connectivity index (χ4n) is 4.26. The summed E-state index contributed by atoms with van der Waals surface area (Å²) >= 11 is 0. The third-order valence-electron chi connectivity index (χ3n) is 5.81. The topological polar surface area (TPSA) is 49.9 Å². The molecule has 1 heterocycles. The average Bonchev–Trinajstić information content (AvgIpc) is 2.83. The largest absolute Gasteiger partial charge is 0.496 e. The molecule has 1 aliphatic rings. The summed E-state index contributed by atoms with van der Waals surface area (Å²) in [5.74, 6) is 0.688. The summed E-state index contributed by atoms with van der Waals surface area (Å²) < 4.78 is 5.54. The molecule has 0 N–H and O–H groups in total. The number of piperazine rings is 1. The SMILES string of the molecule is COc1ccccc1[C@H]1CN(C(=O)c2ccccc2-c2ccccc2)CCN1C(C)=O. The summed E-state index contributed by atoms with van der Waals surface area (Å²) in [6.07, 6.45) is 0. The Labute approximate surface area is 182 Å². The van der Waals surface area contributed by atoms with Crippen molar-refractivity contribution in [2.75, 3.05) is 26.7 Å². The van der Waals surface area contributed by atoms with E-state index >= 15 is 0 Å². The van der Waals surface area contributed by atoms with Crippen molar-refractivity contribution in [1.82, 2.24) is 9.80 Å². The van der Waals surface area contributed by atoms with E-state index in [-0.39, 0.29) is 17.9 Å². The van der Waals surface area contributed by atoms with Crippen LogP contribution in [0.2, 0.25) is 0 Å². The number of rotatable bonds is 4. The van der Waals surface area contributed by atoms with Crippen LogP contribution in [-0.4, -0.2) is 48.4 Å². The van der Waals surface area contributed by atoms with Gasteiger partial charge < -0.3 is 14.5 Å². The summed E-state index contributed by atoms with van der Waals surface area (Å²) in [6.45, 7) is 2.97. The van der Waals surface area contributed by atoms with E-state index in [1.807, 2.05) is 88.7 Å². The second kappa shape index (κ2) is 9.04. The van der Waals surface area contributed by atoms with Gasteiger partial charge in [-0.15, -0.1) is 0 Å². The van der Waals surface area contributed by atoms with Crippen LogP contribution < -0.4 is 4.74 Å². The number of hydrogen-bond acceptors (Lipinski definition) is 3. The molecule has 0 saturated carbocycles. The molecule has 0 radical (unpaired) electrons. The van der Waals surface area contributed by atoms with E-state index < -0.39 is 0 Å². The Morgan fingerprint density at radius 2 is 1.55 bits per heavy atom. The van der Waals surface area contributed by atoms with Crippen molar-refractivity contribution >= 4 is 11.8 Å². The number of hydrogen-bond donors (Lipinski definition) is 0. The minimum atomic E-state index is -0.254. The summed E-state index contributed by atoms with van der Waals surface area (Å²) in [5, 5.41) is 0. The first-order chi connectivity index (χ1) is 15.1. The molecule has 3 aromatic carbocycles. The number of nitrogens with zero attached hydrogens (tertiary/aromatic N) is 2. The molecule has 1 saturated heterocycles. The van der Waals surface area contributed by atoms with Crippen LogP contribution in [0.1, 0.15) is 28.9 Å².